The molecule has 16 heavy (non-hydrogen) atoms. The minimum Gasteiger partial charge on any atom is -0.388 e. The predicted octanol–water partition coefficient (Wildman–Crippen LogP) is 0.767. The van der Waals surface area contributed by atoms with Gasteiger partial charge in [-0.25, -0.2) is 0 Å². The molecule has 1 saturated heterocycles. The summed E-state index contributed by atoms with van der Waals surface area (Å²) in [7, 11) is 0. The summed E-state index contributed by atoms with van der Waals surface area (Å²) in [6.45, 7) is 4.71. The molecule has 2 atom stereocenters. The van der Waals surface area contributed by atoms with Gasteiger partial charge >= 0.3 is 0 Å². The molecule has 0 aromatic rings. The monoisotopic (exact) mass is 229 g/mol. The van der Waals surface area contributed by atoms with E-state index in [1.54, 1.807) is 4.90 Å². The fourth-order valence-electron chi connectivity index (χ4n) is 2.30. The molecule has 2 N–H and O–H groups in total. The number of hydrogen-bond acceptors (Lipinski definition) is 3. The molecule has 4 nitrogen and oxygen atoms in total. The summed E-state index contributed by atoms with van der Waals surface area (Å²) in [6.07, 6.45) is 2.25. The van der Waals surface area contributed by atoms with Crippen molar-refractivity contribution in [2.45, 2.75) is 51.7 Å². The second-order valence-corrected chi connectivity index (χ2v) is 4.65. The minimum atomic E-state index is -0.771. The molecule has 1 amide bonds. The number of hydrogen-bond donors (Lipinski definition) is 2. The molecule has 94 valence electrons. The average molecular weight is 229 g/mol. The van der Waals surface area contributed by atoms with E-state index in [-0.39, 0.29) is 24.9 Å². The van der Waals surface area contributed by atoms with Gasteiger partial charge in [0.2, 0.25) is 5.91 Å². The number of carbonyl (C=O) groups excluding carboxylic acids is 1. The first kappa shape index (κ1) is 13.5. The Labute approximate surface area is 97.3 Å². The molecule has 1 aliphatic rings. The van der Waals surface area contributed by atoms with E-state index in [4.69, 9.17) is 0 Å². The zero-order valence-electron chi connectivity index (χ0n) is 10.2. The lowest BCUT2D eigenvalue weighted by Crippen LogP contribution is -2.35. The van der Waals surface area contributed by atoms with Crippen molar-refractivity contribution in [1.82, 2.24) is 4.90 Å². The summed E-state index contributed by atoms with van der Waals surface area (Å²) in [6, 6.07) is 0. The van der Waals surface area contributed by atoms with Gasteiger partial charge in [-0.15, -0.1) is 0 Å². The van der Waals surface area contributed by atoms with Crippen molar-refractivity contribution >= 4 is 5.91 Å². The Kier molecular flexibility index (Phi) is 5.22. The van der Waals surface area contributed by atoms with Crippen molar-refractivity contribution in [2.24, 2.45) is 5.92 Å². The van der Waals surface area contributed by atoms with Crippen molar-refractivity contribution in [2.75, 3.05) is 13.1 Å². The second kappa shape index (κ2) is 6.21. The number of β-amino-alcohol motifs (C(OH)–C–C–N with tert-alkyl or cyclic N) is 2. The second-order valence-electron chi connectivity index (χ2n) is 4.65. The van der Waals surface area contributed by atoms with Crippen LogP contribution in [0.2, 0.25) is 0 Å². The summed E-state index contributed by atoms with van der Waals surface area (Å²) in [5.41, 5.74) is 0. The maximum absolute atomic E-state index is 12.1. The van der Waals surface area contributed by atoms with Crippen LogP contribution in [-0.4, -0.2) is 46.3 Å². The quantitative estimate of drug-likeness (QED) is 0.732. The maximum atomic E-state index is 12.1. The lowest BCUT2D eigenvalue weighted by atomic mass is 9.97. The highest BCUT2D eigenvalue weighted by Gasteiger charge is 2.34. The number of likely N-dealkylation sites (tertiary alicyclic amines) is 1. The van der Waals surface area contributed by atoms with Crippen LogP contribution in [-0.2, 0) is 4.79 Å². The molecular weight excluding hydrogens is 206 g/mol. The molecule has 0 saturated carbocycles. The smallest absolute Gasteiger partial charge is 0.225 e. The Morgan fingerprint density at radius 2 is 1.62 bits per heavy atom. The van der Waals surface area contributed by atoms with E-state index in [9.17, 15) is 15.0 Å². The van der Waals surface area contributed by atoms with Gasteiger partial charge in [0.05, 0.1) is 12.2 Å². The molecule has 0 aromatic heterocycles. The van der Waals surface area contributed by atoms with E-state index < -0.39 is 12.2 Å². The lowest BCUT2D eigenvalue weighted by molar-refractivity contribution is -0.135. The first-order chi connectivity index (χ1) is 7.60. The van der Waals surface area contributed by atoms with Gasteiger partial charge < -0.3 is 15.1 Å². The van der Waals surface area contributed by atoms with Gasteiger partial charge in [0, 0.05) is 19.0 Å². The Morgan fingerprint density at radius 1 is 1.19 bits per heavy atom. The van der Waals surface area contributed by atoms with Gasteiger partial charge in [-0.2, -0.15) is 0 Å². The number of rotatable bonds is 5. The van der Waals surface area contributed by atoms with Gasteiger partial charge in [0.25, 0.3) is 0 Å². The highest BCUT2D eigenvalue weighted by molar-refractivity contribution is 5.79. The highest BCUT2D eigenvalue weighted by Crippen LogP contribution is 2.20. The SMILES string of the molecule is CCCC(CCC)C(=O)N1C[C@@H](O)[C@@H](O)C1. The average Bonchev–Trinajstić information content (AvgIpc) is 2.58. The molecule has 0 bridgehead atoms. The third-order valence-electron chi connectivity index (χ3n) is 3.19. The van der Waals surface area contributed by atoms with Crippen molar-refractivity contribution in [3.05, 3.63) is 0 Å². The molecule has 0 unspecified atom stereocenters. The van der Waals surface area contributed by atoms with E-state index in [1.807, 2.05) is 0 Å². The molecule has 0 radical (unpaired) electrons. The zero-order chi connectivity index (χ0) is 12.1. The summed E-state index contributed by atoms with van der Waals surface area (Å²) in [4.78, 5) is 13.7. The van der Waals surface area contributed by atoms with Crippen LogP contribution in [0.1, 0.15) is 39.5 Å². The van der Waals surface area contributed by atoms with E-state index in [0.29, 0.717) is 0 Å². The van der Waals surface area contributed by atoms with Crippen LogP contribution in [0.15, 0.2) is 0 Å². The topological polar surface area (TPSA) is 60.8 Å². The van der Waals surface area contributed by atoms with Crippen LogP contribution in [0.25, 0.3) is 0 Å². The number of aliphatic hydroxyl groups excluding tert-OH is 2. The van der Waals surface area contributed by atoms with Crippen LogP contribution < -0.4 is 0 Å². The summed E-state index contributed by atoms with van der Waals surface area (Å²) < 4.78 is 0. The van der Waals surface area contributed by atoms with Gasteiger partial charge in [-0.05, 0) is 12.8 Å². The molecule has 0 aromatic carbocycles. The van der Waals surface area contributed by atoms with Crippen LogP contribution in [0.5, 0.6) is 0 Å². The minimum absolute atomic E-state index is 0.0625. The van der Waals surface area contributed by atoms with E-state index in [0.717, 1.165) is 25.7 Å². The molecule has 1 fully saturated rings. The first-order valence-electron chi connectivity index (χ1n) is 6.25. The van der Waals surface area contributed by atoms with E-state index >= 15 is 0 Å². The van der Waals surface area contributed by atoms with Crippen LogP contribution in [0, 0.1) is 5.92 Å². The maximum Gasteiger partial charge on any atom is 0.225 e. The molecule has 0 spiro atoms. The predicted molar refractivity (Wildman–Crippen MR) is 61.9 cm³/mol. The third-order valence-corrected chi connectivity index (χ3v) is 3.19. The highest BCUT2D eigenvalue weighted by atomic mass is 16.3. The van der Waals surface area contributed by atoms with Crippen molar-refractivity contribution in [1.29, 1.82) is 0 Å². The third kappa shape index (κ3) is 3.19. The molecule has 4 heteroatoms. The molecule has 1 rings (SSSR count). The number of aliphatic hydroxyl groups is 2. The zero-order valence-corrected chi connectivity index (χ0v) is 10.2. The first-order valence-corrected chi connectivity index (χ1v) is 6.25. The Morgan fingerprint density at radius 3 is 2.00 bits per heavy atom. The van der Waals surface area contributed by atoms with Crippen molar-refractivity contribution in [3.63, 3.8) is 0 Å². The fourth-order valence-corrected chi connectivity index (χ4v) is 2.30. The van der Waals surface area contributed by atoms with Crippen molar-refractivity contribution < 1.29 is 15.0 Å². The van der Waals surface area contributed by atoms with Crippen LogP contribution >= 0.6 is 0 Å². The molecular formula is C12H23NO3. The molecule has 1 heterocycles. The normalized spacial score (nSPS) is 25.4. The largest absolute Gasteiger partial charge is 0.388 e. The summed E-state index contributed by atoms with van der Waals surface area (Å²) in [5, 5.41) is 18.8. The fraction of sp³-hybridized carbons (Fsp3) is 0.917. The molecule has 1 aliphatic heterocycles. The Hall–Kier alpha value is -0.610. The molecule has 0 aliphatic carbocycles. The summed E-state index contributed by atoms with van der Waals surface area (Å²) in [5.74, 6) is 0.159. The number of carbonyl (C=O) groups is 1. The number of amides is 1. The lowest BCUT2D eigenvalue weighted by Gasteiger charge is -2.22. The number of nitrogens with zero attached hydrogens (tertiary/aromatic N) is 1. The van der Waals surface area contributed by atoms with Gasteiger partial charge in [-0.3, -0.25) is 4.79 Å². The van der Waals surface area contributed by atoms with Gasteiger partial charge in [0.15, 0.2) is 0 Å². The van der Waals surface area contributed by atoms with E-state index in [2.05, 4.69) is 13.8 Å². The summed E-state index contributed by atoms with van der Waals surface area (Å²) >= 11 is 0. The van der Waals surface area contributed by atoms with Crippen LogP contribution in [0.4, 0.5) is 0 Å². The van der Waals surface area contributed by atoms with E-state index in [1.165, 1.54) is 0 Å². The Bertz CT molecular complexity index is 212. The van der Waals surface area contributed by atoms with Gasteiger partial charge in [0.1, 0.15) is 0 Å². The van der Waals surface area contributed by atoms with Crippen LogP contribution in [0.3, 0.4) is 0 Å². The standard InChI is InChI=1S/C12H23NO3/c1-3-5-9(6-4-2)12(16)13-7-10(14)11(15)8-13/h9-11,14-15H,3-8H2,1-2H3/t10-,11+. The Balaban J connectivity index is 2.54. The van der Waals surface area contributed by atoms with Gasteiger partial charge in [-0.1, -0.05) is 26.7 Å². The van der Waals surface area contributed by atoms with Crippen molar-refractivity contribution in [3.8, 4) is 0 Å².